The van der Waals surface area contributed by atoms with Gasteiger partial charge >= 0.3 is 5.97 Å². The van der Waals surface area contributed by atoms with Crippen molar-refractivity contribution >= 4 is 35.2 Å². The molecule has 1 aromatic rings. The standard InChI is InChI=1S/C26H36N2O6S/c1-6-14(3)18(13-29)28-22(23(30)27-16-8-10-17(33-5)11-9-16)26-15(4)12-19(35-26)20(21(26)24(28)31)25(32)34-7-2/h8-11,14-15,18-22,29H,6-7,12-13H2,1-5H3,(H,27,30)/t14-,15?,18-,19+,20-,21-,22?,26?/m0/s1. The zero-order valence-corrected chi connectivity index (χ0v) is 21.8. The molecule has 0 saturated carbocycles. The largest absolute Gasteiger partial charge is 0.497 e. The third kappa shape index (κ3) is 4.00. The fourth-order valence-corrected chi connectivity index (χ4v) is 8.72. The van der Waals surface area contributed by atoms with Crippen molar-refractivity contribution in [3.8, 4) is 5.75 Å². The Bertz CT molecular complexity index is 971. The fourth-order valence-electron chi connectivity index (χ4n) is 6.32. The van der Waals surface area contributed by atoms with Crippen LogP contribution < -0.4 is 10.1 Å². The van der Waals surface area contributed by atoms with Gasteiger partial charge in [0.05, 0.1) is 42.9 Å². The number of hydrogen-bond donors (Lipinski definition) is 2. The predicted molar refractivity (Wildman–Crippen MR) is 134 cm³/mol. The minimum absolute atomic E-state index is 0.0194. The maximum absolute atomic E-state index is 14.1. The molecule has 4 rings (SSSR count). The van der Waals surface area contributed by atoms with Gasteiger partial charge in [-0.15, -0.1) is 11.8 Å². The van der Waals surface area contributed by atoms with Crippen molar-refractivity contribution in [2.75, 3.05) is 25.6 Å². The van der Waals surface area contributed by atoms with Crippen LogP contribution in [0.3, 0.4) is 0 Å². The number of carbonyl (C=O) groups is 3. The molecule has 3 aliphatic rings. The minimum atomic E-state index is -0.808. The lowest BCUT2D eigenvalue weighted by Gasteiger charge is -2.41. The van der Waals surface area contributed by atoms with Crippen molar-refractivity contribution in [2.24, 2.45) is 23.7 Å². The number of benzene rings is 1. The molecule has 1 spiro atoms. The van der Waals surface area contributed by atoms with Crippen LogP contribution in [0.5, 0.6) is 5.75 Å². The van der Waals surface area contributed by atoms with Crippen LogP contribution in [-0.2, 0) is 19.1 Å². The van der Waals surface area contributed by atoms with E-state index in [0.717, 1.165) is 12.8 Å². The number of methoxy groups -OCH3 is 1. The molecule has 3 saturated heterocycles. The Kier molecular flexibility index (Phi) is 7.38. The third-order valence-corrected chi connectivity index (χ3v) is 10.3. The van der Waals surface area contributed by atoms with E-state index in [-0.39, 0.29) is 48.1 Å². The quantitative estimate of drug-likeness (QED) is 0.498. The van der Waals surface area contributed by atoms with Gasteiger partial charge in [-0.05, 0) is 49.4 Å². The number of ether oxygens (including phenoxy) is 2. The zero-order valence-electron chi connectivity index (χ0n) is 21.0. The third-order valence-electron chi connectivity index (χ3n) is 8.19. The maximum atomic E-state index is 14.1. The monoisotopic (exact) mass is 504 g/mol. The molecular weight excluding hydrogens is 468 g/mol. The smallest absolute Gasteiger partial charge is 0.310 e. The Labute approximate surface area is 211 Å². The highest BCUT2D eigenvalue weighted by Gasteiger charge is 2.77. The topological polar surface area (TPSA) is 105 Å². The number of nitrogens with one attached hydrogen (secondary N) is 1. The first-order valence-corrected chi connectivity index (χ1v) is 13.3. The number of carbonyl (C=O) groups excluding carboxylic acids is 3. The van der Waals surface area contributed by atoms with Gasteiger partial charge < -0.3 is 24.8 Å². The summed E-state index contributed by atoms with van der Waals surface area (Å²) in [6.45, 7) is 7.81. The molecule has 8 atom stereocenters. The summed E-state index contributed by atoms with van der Waals surface area (Å²) in [7, 11) is 1.58. The van der Waals surface area contributed by atoms with Gasteiger partial charge in [0, 0.05) is 10.9 Å². The molecule has 3 heterocycles. The number of amides is 2. The van der Waals surface area contributed by atoms with Crippen LogP contribution in [-0.4, -0.2) is 70.2 Å². The summed E-state index contributed by atoms with van der Waals surface area (Å²) in [4.78, 5) is 42.7. The van der Waals surface area contributed by atoms with Gasteiger partial charge in [-0.2, -0.15) is 0 Å². The van der Waals surface area contributed by atoms with E-state index in [1.165, 1.54) is 0 Å². The van der Waals surface area contributed by atoms with Crippen LogP contribution in [0.2, 0.25) is 0 Å². The number of rotatable bonds is 9. The molecule has 2 N–H and O–H groups in total. The van der Waals surface area contributed by atoms with Crippen molar-refractivity contribution in [1.29, 1.82) is 0 Å². The summed E-state index contributed by atoms with van der Waals surface area (Å²) < 4.78 is 9.85. The summed E-state index contributed by atoms with van der Waals surface area (Å²) in [6, 6.07) is 5.72. The summed E-state index contributed by atoms with van der Waals surface area (Å²) in [6.07, 6.45) is 1.48. The molecule has 3 fully saturated rings. The van der Waals surface area contributed by atoms with Gasteiger partial charge in [0.15, 0.2) is 0 Å². The van der Waals surface area contributed by atoms with Gasteiger partial charge in [-0.25, -0.2) is 0 Å². The van der Waals surface area contributed by atoms with E-state index in [1.54, 1.807) is 55.0 Å². The Hall–Kier alpha value is -2.26. The normalized spacial score (nSPS) is 32.8. The van der Waals surface area contributed by atoms with Gasteiger partial charge in [0.1, 0.15) is 11.8 Å². The van der Waals surface area contributed by atoms with E-state index in [0.29, 0.717) is 11.4 Å². The molecule has 8 nitrogen and oxygen atoms in total. The second kappa shape index (κ2) is 10.0. The van der Waals surface area contributed by atoms with E-state index >= 15 is 0 Å². The van der Waals surface area contributed by atoms with Gasteiger partial charge in [0.25, 0.3) is 0 Å². The molecule has 0 radical (unpaired) electrons. The number of esters is 1. The Balaban J connectivity index is 1.77. The first-order valence-electron chi connectivity index (χ1n) is 12.5. The molecule has 9 heteroatoms. The first-order chi connectivity index (χ1) is 16.7. The average Bonchev–Trinajstić information content (AvgIpc) is 3.44. The zero-order chi connectivity index (χ0) is 25.5. The summed E-state index contributed by atoms with van der Waals surface area (Å²) in [5.74, 6) is -1.41. The summed E-state index contributed by atoms with van der Waals surface area (Å²) in [5, 5.41) is 13.3. The van der Waals surface area contributed by atoms with Gasteiger partial charge in [0.2, 0.25) is 11.8 Å². The van der Waals surface area contributed by atoms with Crippen molar-refractivity contribution < 1.29 is 29.0 Å². The van der Waals surface area contributed by atoms with Crippen LogP contribution in [0.1, 0.15) is 40.5 Å². The molecule has 0 aliphatic carbocycles. The van der Waals surface area contributed by atoms with E-state index in [1.807, 2.05) is 13.8 Å². The number of aliphatic hydroxyl groups excluding tert-OH is 1. The van der Waals surface area contributed by atoms with Crippen LogP contribution in [0.15, 0.2) is 24.3 Å². The Morgan fingerprint density at radius 2 is 1.97 bits per heavy atom. The number of aliphatic hydroxyl groups is 1. The van der Waals surface area contributed by atoms with Crippen LogP contribution >= 0.6 is 11.8 Å². The first kappa shape index (κ1) is 25.8. The fraction of sp³-hybridized carbons (Fsp3) is 0.654. The van der Waals surface area contributed by atoms with Crippen molar-refractivity contribution in [3.63, 3.8) is 0 Å². The second-order valence-electron chi connectivity index (χ2n) is 9.90. The molecule has 35 heavy (non-hydrogen) atoms. The molecule has 3 aliphatic heterocycles. The van der Waals surface area contributed by atoms with Crippen LogP contribution in [0, 0.1) is 23.7 Å². The van der Waals surface area contributed by atoms with Crippen LogP contribution in [0.4, 0.5) is 5.69 Å². The Morgan fingerprint density at radius 3 is 2.54 bits per heavy atom. The SMILES string of the molecule is CCOC(=O)[C@@H]1[C@H]2C(=O)N([C@@H](CO)[C@@H](C)CC)C(C(=O)Nc3ccc(OC)cc3)C23S[C@@H]1CC3C. The van der Waals surface area contributed by atoms with Gasteiger partial charge in [-0.3, -0.25) is 14.4 Å². The number of likely N-dealkylation sites (tertiary alicyclic amines) is 1. The highest BCUT2D eigenvalue weighted by molar-refractivity contribution is 8.02. The molecule has 2 bridgehead atoms. The lowest BCUT2D eigenvalue weighted by atomic mass is 9.66. The average molecular weight is 505 g/mol. The molecule has 0 aromatic heterocycles. The van der Waals surface area contributed by atoms with E-state index in [4.69, 9.17) is 9.47 Å². The summed E-state index contributed by atoms with van der Waals surface area (Å²) in [5.41, 5.74) is 0.597. The summed E-state index contributed by atoms with van der Waals surface area (Å²) >= 11 is 1.60. The van der Waals surface area contributed by atoms with E-state index in [9.17, 15) is 19.5 Å². The Morgan fingerprint density at radius 1 is 1.29 bits per heavy atom. The lowest BCUT2D eigenvalue weighted by Crippen LogP contribution is -2.58. The molecular formula is C26H36N2O6S. The minimum Gasteiger partial charge on any atom is -0.497 e. The lowest BCUT2D eigenvalue weighted by molar-refractivity contribution is -0.154. The number of nitrogens with zero attached hydrogens (tertiary/aromatic N) is 1. The highest BCUT2D eigenvalue weighted by Crippen LogP contribution is 2.69. The van der Waals surface area contributed by atoms with E-state index in [2.05, 4.69) is 12.2 Å². The van der Waals surface area contributed by atoms with Crippen molar-refractivity contribution in [1.82, 2.24) is 4.90 Å². The van der Waals surface area contributed by atoms with Crippen LogP contribution in [0.25, 0.3) is 0 Å². The molecule has 2 amide bonds. The predicted octanol–water partition coefficient (Wildman–Crippen LogP) is 2.94. The van der Waals surface area contributed by atoms with Crippen molar-refractivity contribution in [2.45, 2.75) is 62.6 Å². The molecule has 1 aromatic carbocycles. The number of fused-ring (bicyclic) bond motifs is 1. The van der Waals surface area contributed by atoms with E-state index < -0.39 is 28.7 Å². The van der Waals surface area contributed by atoms with Gasteiger partial charge in [-0.1, -0.05) is 27.2 Å². The number of anilines is 1. The second-order valence-corrected chi connectivity index (χ2v) is 11.5. The molecule has 3 unspecified atom stereocenters. The maximum Gasteiger partial charge on any atom is 0.310 e. The molecule has 192 valence electrons. The number of hydrogen-bond acceptors (Lipinski definition) is 7. The number of thioether (sulfide) groups is 1. The van der Waals surface area contributed by atoms with Crippen molar-refractivity contribution in [3.05, 3.63) is 24.3 Å². The highest BCUT2D eigenvalue weighted by atomic mass is 32.2.